The van der Waals surface area contributed by atoms with Crippen LogP contribution >= 0.6 is 0 Å². The highest BCUT2D eigenvalue weighted by Crippen LogP contribution is 2.26. The van der Waals surface area contributed by atoms with Gasteiger partial charge in [0.2, 0.25) is 5.95 Å². The SMILES string of the molecule is CCNc1ncc(C(=O)N2C[C@@H](CN3CCCCC3)[C@@H](CO)C2)cn1. The summed E-state index contributed by atoms with van der Waals surface area (Å²) in [5, 5.41) is 12.8. The highest BCUT2D eigenvalue weighted by atomic mass is 16.3. The van der Waals surface area contributed by atoms with Gasteiger partial charge in [-0.25, -0.2) is 9.97 Å². The van der Waals surface area contributed by atoms with E-state index in [1.807, 2.05) is 11.8 Å². The number of rotatable bonds is 6. The van der Waals surface area contributed by atoms with Crippen LogP contribution in [0.2, 0.25) is 0 Å². The second kappa shape index (κ2) is 8.58. The Morgan fingerprint density at radius 1 is 1.20 bits per heavy atom. The number of aromatic nitrogens is 2. The summed E-state index contributed by atoms with van der Waals surface area (Å²) in [6, 6.07) is 0. The van der Waals surface area contributed by atoms with E-state index in [-0.39, 0.29) is 18.4 Å². The third-order valence-electron chi connectivity index (χ3n) is 5.27. The Hall–Kier alpha value is -1.73. The average molecular weight is 347 g/mol. The van der Waals surface area contributed by atoms with Crippen molar-refractivity contribution in [2.45, 2.75) is 26.2 Å². The maximum atomic E-state index is 12.7. The van der Waals surface area contributed by atoms with Crippen LogP contribution in [-0.4, -0.2) is 76.7 Å². The first-order valence-electron chi connectivity index (χ1n) is 9.39. The van der Waals surface area contributed by atoms with Crippen molar-refractivity contribution in [1.82, 2.24) is 19.8 Å². The molecule has 2 N–H and O–H groups in total. The molecule has 0 saturated carbocycles. The molecule has 2 fully saturated rings. The van der Waals surface area contributed by atoms with Gasteiger partial charge in [0.05, 0.1) is 5.56 Å². The zero-order chi connectivity index (χ0) is 17.6. The molecule has 0 aromatic carbocycles. The molecule has 0 aliphatic carbocycles. The number of aliphatic hydroxyl groups is 1. The lowest BCUT2D eigenvalue weighted by atomic mass is 9.95. The number of nitrogens with one attached hydrogen (secondary N) is 1. The van der Waals surface area contributed by atoms with E-state index < -0.39 is 0 Å². The first-order valence-corrected chi connectivity index (χ1v) is 9.39. The molecule has 7 nitrogen and oxygen atoms in total. The molecule has 0 radical (unpaired) electrons. The van der Waals surface area contributed by atoms with Crippen LogP contribution in [0.5, 0.6) is 0 Å². The molecule has 0 spiro atoms. The van der Waals surface area contributed by atoms with Crippen molar-refractivity contribution in [1.29, 1.82) is 0 Å². The first kappa shape index (κ1) is 18.1. The monoisotopic (exact) mass is 347 g/mol. The van der Waals surface area contributed by atoms with Gasteiger partial charge < -0.3 is 20.2 Å². The molecule has 1 aromatic rings. The molecule has 1 aromatic heterocycles. The zero-order valence-electron chi connectivity index (χ0n) is 15.0. The molecule has 2 aliphatic rings. The fourth-order valence-electron chi connectivity index (χ4n) is 3.86. The molecular weight excluding hydrogens is 318 g/mol. The molecule has 2 atom stereocenters. The molecule has 138 valence electrons. The Kier molecular flexibility index (Phi) is 6.20. The summed E-state index contributed by atoms with van der Waals surface area (Å²) in [5.41, 5.74) is 0.511. The smallest absolute Gasteiger partial charge is 0.257 e. The van der Waals surface area contributed by atoms with Crippen LogP contribution in [0.1, 0.15) is 36.5 Å². The topological polar surface area (TPSA) is 81.6 Å². The van der Waals surface area contributed by atoms with Crippen molar-refractivity contribution < 1.29 is 9.90 Å². The van der Waals surface area contributed by atoms with E-state index in [1.54, 1.807) is 12.4 Å². The van der Waals surface area contributed by atoms with Gasteiger partial charge in [0.25, 0.3) is 5.91 Å². The largest absolute Gasteiger partial charge is 0.396 e. The lowest BCUT2D eigenvalue weighted by Crippen LogP contribution is -2.37. The van der Waals surface area contributed by atoms with Crippen molar-refractivity contribution in [2.75, 3.05) is 51.2 Å². The predicted molar refractivity (Wildman–Crippen MR) is 96.5 cm³/mol. The maximum absolute atomic E-state index is 12.7. The fourth-order valence-corrected chi connectivity index (χ4v) is 3.86. The number of hydrogen-bond donors (Lipinski definition) is 2. The highest BCUT2D eigenvalue weighted by molar-refractivity contribution is 5.93. The second-order valence-corrected chi connectivity index (χ2v) is 7.10. The van der Waals surface area contributed by atoms with Gasteiger partial charge in [-0.1, -0.05) is 6.42 Å². The number of piperidine rings is 1. The van der Waals surface area contributed by atoms with Crippen LogP contribution in [0, 0.1) is 11.8 Å². The van der Waals surface area contributed by atoms with Gasteiger partial charge >= 0.3 is 0 Å². The van der Waals surface area contributed by atoms with Crippen molar-refractivity contribution >= 4 is 11.9 Å². The summed E-state index contributed by atoms with van der Waals surface area (Å²) >= 11 is 0. The molecule has 2 aliphatic heterocycles. The summed E-state index contributed by atoms with van der Waals surface area (Å²) in [4.78, 5) is 25.4. The Morgan fingerprint density at radius 2 is 1.88 bits per heavy atom. The number of carbonyl (C=O) groups is 1. The predicted octanol–water partition coefficient (Wildman–Crippen LogP) is 1.07. The summed E-state index contributed by atoms with van der Waals surface area (Å²) < 4.78 is 0. The van der Waals surface area contributed by atoms with Gasteiger partial charge in [0.15, 0.2) is 0 Å². The van der Waals surface area contributed by atoms with E-state index in [0.29, 0.717) is 30.5 Å². The molecule has 0 unspecified atom stereocenters. The van der Waals surface area contributed by atoms with Gasteiger partial charge in [-0.15, -0.1) is 0 Å². The zero-order valence-corrected chi connectivity index (χ0v) is 15.0. The number of amides is 1. The third kappa shape index (κ3) is 4.46. The Morgan fingerprint density at radius 3 is 2.52 bits per heavy atom. The van der Waals surface area contributed by atoms with E-state index in [9.17, 15) is 9.90 Å². The molecule has 3 rings (SSSR count). The van der Waals surface area contributed by atoms with Crippen LogP contribution in [0.25, 0.3) is 0 Å². The number of hydrogen-bond acceptors (Lipinski definition) is 6. The summed E-state index contributed by atoms with van der Waals surface area (Å²) in [6.45, 7) is 7.44. The summed E-state index contributed by atoms with van der Waals surface area (Å²) in [7, 11) is 0. The van der Waals surface area contributed by atoms with E-state index in [1.165, 1.54) is 19.3 Å². The van der Waals surface area contributed by atoms with E-state index >= 15 is 0 Å². The Bertz CT molecular complexity index is 559. The van der Waals surface area contributed by atoms with E-state index in [4.69, 9.17) is 0 Å². The van der Waals surface area contributed by atoms with Crippen molar-refractivity contribution in [3.05, 3.63) is 18.0 Å². The molecular formula is C18H29N5O2. The van der Waals surface area contributed by atoms with Crippen molar-refractivity contribution in [3.63, 3.8) is 0 Å². The van der Waals surface area contributed by atoms with Gasteiger partial charge in [0, 0.05) is 51.1 Å². The lowest BCUT2D eigenvalue weighted by molar-refractivity contribution is 0.0777. The molecule has 1 amide bonds. The minimum Gasteiger partial charge on any atom is -0.396 e. The van der Waals surface area contributed by atoms with Gasteiger partial charge in [0.1, 0.15) is 0 Å². The van der Waals surface area contributed by atoms with E-state index in [0.717, 1.165) is 26.2 Å². The Labute approximate surface area is 149 Å². The number of aliphatic hydroxyl groups excluding tert-OH is 1. The molecule has 25 heavy (non-hydrogen) atoms. The third-order valence-corrected chi connectivity index (χ3v) is 5.27. The normalized spacial score (nSPS) is 24.5. The lowest BCUT2D eigenvalue weighted by Gasteiger charge is -2.30. The van der Waals surface area contributed by atoms with Crippen molar-refractivity contribution in [3.8, 4) is 0 Å². The minimum absolute atomic E-state index is 0.0392. The van der Waals surface area contributed by atoms with Crippen LogP contribution in [-0.2, 0) is 0 Å². The van der Waals surface area contributed by atoms with Crippen LogP contribution in [0.4, 0.5) is 5.95 Å². The number of carbonyl (C=O) groups excluding carboxylic acids is 1. The summed E-state index contributed by atoms with van der Waals surface area (Å²) in [6.07, 6.45) is 7.00. The van der Waals surface area contributed by atoms with Gasteiger partial charge in [-0.2, -0.15) is 0 Å². The molecule has 7 heteroatoms. The van der Waals surface area contributed by atoms with Crippen LogP contribution in [0.3, 0.4) is 0 Å². The first-order chi connectivity index (χ1) is 12.2. The van der Waals surface area contributed by atoms with E-state index in [2.05, 4.69) is 20.2 Å². The standard InChI is InChI=1S/C18H29N5O2/c1-2-19-18-20-8-14(9-21-18)17(25)23-11-15(16(12-23)13-24)10-22-6-4-3-5-7-22/h8-9,15-16,24H,2-7,10-13H2,1H3,(H,19,20,21)/t15-,16-/m1/s1. The average Bonchev–Trinajstić information content (AvgIpc) is 3.06. The number of nitrogens with zero attached hydrogens (tertiary/aromatic N) is 4. The molecule has 2 saturated heterocycles. The Balaban J connectivity index is 1.61. The fraction of sp³-hybridized carbons (Fsp3) is 0.722. The summed E-state index contributed by atoms with van der Waals surface area (Å²) in [5.74, 6) is 1.00. The highest BCUT2D eigenvalue weighted by Gasteiger charge is 2.36. The van der Waals surface area contributed by atoms with Gasteiger partial charge in [-0.3, -0.25) is 4.79 Å². The molecule has 3 heterocycles. The maximum Gasteiger partial charge on any atom is 0.257 e. The second-order valence-electron chi connectivity index (χ2n) is 7.10. The van der Waals surface area contributed by atoms with Crippen LogP contribution in [0.15, 0.2) is 12.4 Å². The van der Waals surface area contributed by atoms with Gasteiger partial charge in [-0.05, 0) is 38.8 Å². The minimum atomic E-state index is -0.0392. The number of anilines is 1. The van der Waals surface area contributed by atoms with Crippen molar-refractivity contribution in [2.24, 2.45) is 11.8 Å². The number of likely N-dealkylation sites (tertiary alicyclic amines) is 2. The van der Waals surface area contributed by atoms with Crippen LogP contribution < -0.4 is 5.32 Å². The quantitative estimate of drug-likeness (QED) is 0.801. The molecule has 0 bridgehead atoms.